The van der Waals surface area contributed by atoms with Gasteiger partial charge in [-0.25, -0.2) is 0 Å². The monoisotopic (exact) mass is 263 g/mol. The van der Waals surface area contributed by atoms with Crippen molar-refractivity contribution in [2.75, 3.05) is 11.5 Å². The molecule has 0 spiro atoms. The quantitative estimate of drug-likeness (QED) is 0.793. The molecule has 1 aromatic heterocycles. The molecule has 0 aliphatic carbocycles. The zero-order valence-corrected chi connectivity index (χ0v) is 11.0. The lowest BCUT2D eigenvalue weighted by molar-refractivity contribution is -0.115. The molecule has 0 saturated carbocycles. The molecule has 84 valence electrons. The Morgan fingerprint density at radius 2 is 2.00 bits per heavy atom. The van der Waals surface area contributed by atoms with Gasteiger partial charge in [-0.05, 0) is 5.92 Å². The van der Waals surface area contributed by atoms with Gasteiger partial charge in [0.05, 0.1) is 5.75 Å². The summed E-state index contributed by atoms with van der Waals surface area (Å²) in [7, 11) is 0. The van der Waals surface area contributed by atoms with Crippen LogP contribution in [0.1, 0.15) is 13.8 Å². The molecule has 0 atom stereocenters. The van der Waals surface area contributed by atoms with Crippen LogP contribution >= 0.6 is 34.9 Å². The Morgan fingerprint density at radius 3 is 2.53 bits per heavy atom. The molecule has 1 amide bonds. The summed E-state index contributed by atoms with van der Waals surface area (Å²) in [5.41, 5.74) is 5.04. The number of hydrogen-bond donors (Lipinski definition) is 1. The summed E-state index contributed by atoms with van der Waals surface area (Å²) < 4.78 is 1.76. The van der Waals surface area contributed by atoms with Crippen LogP contribution in [-0.4, -0.2) is 27.6 Å². The second-order valence-electron chi connectivity index (χ2n) is 3.29. The van der Waals surface area contributed by atoms with Gasteiger partial charge in [-0.15, -0.1) is 10.2 Å². The lowest BCUT2D eigenvalue weighted by Crippen LogP contribution is -2.12. The second kappa shape index (κ2) is 6.34. The zero-order chi connectivity index (χ0) is 11.3. The van der Waals surface area contributed by atoms with Crippen LogP contribution in [0, 0.1) is 5.92 Å². The van der Waals surface area contributed by atoms with Crippen LogP contribution in [0.5, 0.6) is 0 Å². The molecule has 1 rings (SSSR count). The summed E-state index contributed by atoms with van der Waals surface area (Å²) in [4.78, 5) is 10.5. The lowest BCUT2D eigenvalue weighted by Gasteiger charge is -1.98. The highest BCUT2D eigenvalue weighted by atomic mass is 32.2. The molecule has 2 N–H and O–H groups in total. The summed E-state index contributed by atoms with van der Waals surface area (Å²) in [6, 6.07) is 0. The molecule has 7 heteroatoms. The first-order chi connectivity index (χ1) is 7.08. The maximum atomic E-state index is 10.5. The average Bonchev–Trinajstić information content (AvgIpc) is 2.59. The van der Waals surface area contributed by atoms with Crippen molar-refractivity contribution >= 4 is 40.8 Å². The molecule has 0 aliphatic rings. The van der Waals surface area contributed by atoms with Crippen molar-refractivity contribution in [3.8, 4) is 0 Å². The van der Waals surface area contributed by atoms with E-state index in [1.54, 1.807) is 11.8 Å². The molecular formula is C8H13N3OS3. The van der Waals surface area contributed by atoms with Crippen molar-refractivity contribution in [2.45, 2.75) is 22.5 Å². The molecule has 0 aromatic carbocycles. The average molecular weight is 263 g/mol. The Morgan fingerprint density at radius 1 is 1.40 bits per heavy atom. The molecule has 4 nitrogen and oxygen atoms in total. The number of nitrogens with zero attached hydrogens (tertiary/aromatic N) is 2. The number of carbonyl (C=O) groups is 1. The largest absolute Gasteiger partial charge is 0.369 e. The minimum Gasteiger partial charge on any atom is -0.369 e. The molecular weight excluding hydrogens is 250 g/mol. The third-order valence-corrected chi connectivity index (χ3v) is 4.91. The Kier molecular flexibility index (Phi) is 5.41. The van der Waals surface area contributed by atoms with E-state index in [1.807, 2.05) is 0 Å². The van der Waals surface area contributed by atoms with Gasteiger partial charge in [0.15, 0.2) is 8.68 Å². The first-order valence-electron chi connectivity index (χ1n) is 4.45. The highest BCUT2D eigenvalue weighted by Gasteiger charge is 2.07. The predicted molar refractivity (Wildman–Crippen MR) is 65.4 cm³/mol. The number of primary amides is 1. The van der Waals surface area contributed by atoms with E-state index in [4.69, 9.17) is 5.73 Å². The van der Waals surface area contributed by atoms with E-state index in [2.05, 4.69) is 24.0 Å². The van der Waals surface area contributed by atoms with Crippen molar-refractivity contribution in [1.29, 1.82) is 0 Å². The Hall–Kier alpha value is -0.270. The summed E-state index contributed by atoms with van der Waals surface area (Å²) in [6.07, 6.45) is 0. The minimum absolute atomic E-state index is 0.267. The Balaban J connectivity index is 2.38. The van der Waals surface area contributed by atoms with E-state index in [0.717, 1.165) is 14.4 Å². The molecule has 15 heavy (non-hydrogen) atoms. The predicted octanol–water partition coefficient (Wildman–Crippen LogP) is 1.86. The smallest absolute Gasteiger partial charge is 0.227 e. The van der Waals surface area contributed by atoms with Gasteiger partial charge < -0.3 is 5.73 Å². The maximum absolute atomic E-state index is 10.5. The van der Waals surface area contributed by atoms with Gasteiger partial charge in [0.1, 0.15) is 0 Å². The summed E-state index contributed by atoms with van der Waals surface area (Å²) in [6.45, 7) is 4.33. The van der Waals surface area contributed by atoms with Gasteiger partial charge in [0.25, 0.3) is 0 Å². The number of thioether (sulfide) groups is 2. The standard InChI is InChI=1S/C8H13N3OS3/c1-5(2)3-13-7-10-11-8(15-7)14-4-6(9)12/h5H,3-4H2,1-2H3,(H2,9,12). The van der Waals surface area contributed by atoms with Gasteiger partial charge in [-0.1, -0.05) is 48.7 Å². The van der Waals surface area contributed by atoms with E-state index >= 15 is 0 Å². The van der Waals surface area contributed by atoms with E-state index in [-0.39, 0.29) is 11.7 Å². The van der Waals surface area contributed by atoms with E-state index in [0.29, 0.717) is 5.92 Å². The van der Waals surface area contributed by atoms with Crippen LogP contribution in [0.2, 0.25) is 0 Å². The van der Waals surface area contributed by atoms with Crippen LogP contribution in [0.15, 0.2) is 8.68 Å². The van der Waals surface area contributed by atoms with E-state index < -0.39 is 0 Å². The molecule has 0 unspecified atom stereocenters. The van der Waals surface area contributed by atoms with Crippen LogP contribution in [-0.2, 0) is 4.79 Å². The van der Waals surface area contributed by atoms with Crippen molar-refractivity contribution < 1.29 is 4.79 Å². The number of aromatic nitrogens is 2. The highest BCUT2D eigenvalue weighted by molar-refractivity contribution is 8.03. The topological polar surface area (TPSA) is 68.9 Å². The fourth-order valence-corrected chi connectivity index (χ4v) is 3.42. The first-order valence-corrected chi connectivity index (χ1v) is 7.24. The number of rotatable bonds is 6. The van der Waals surface area contributed by atoms with Crippen LogP contribution < -0.4 is 5.73 Å². The van der Waals surface area contributed by atoms with Crippen LogP contribution in [0.4, 0.5) is 0 Å². The van der Waals surface area contributed by atoms with Crippen molar-refractivity contribution in [1.82, 2.24) is 10.2 Å². The van der Waals surface area contributed by atoms with Gasteiger partial charge in [0, 0.05) is 5.75 Å². The van der Waals surface area contributed by atoms with Crippen molar-refractivity contribution in [3.63, 3.8) is 0 Å². The van der Waals surface area contributed by atoms with Crippen LogP contribution in [0.25, 0.3) is 0 Å². The first kappa shape index (κ1) is 12.8. The van der Waals surface area contributed by atoms with Crippen molar-refractivity contribution in [2.24, 2.45) is 11.7 Å². The Labute approximate surface area is 101 Å². The Bertz CT molecular complexity index is 327. The summed E-state index contributed by atoms with van der Waals surface area (Å²) in [5, 5.41) is 7.99. The van der Waals surface area contributed by atoms with Crippen LogP contribution in [0.3, 0.4) is 0 Å². The molecule has 0 saturated heterocycles. The minimum atomic E-state index is -0.327. The summed E-state index contributed by atoms with van der Waals surface area (Å²) >= 11 is 4.55. The normalized spacial score (nSPS) is 10.9. The molecule has 0 bridgehead atoms. The molecule has 0 aliphatic heterocycles. The fourth-order valence-electron chi connectivity index (χ4n) is 0.685. The molecule has 1 heterocycles. The second-order valence-corrected chi connectivity index (χ2v) is 6.76. The number of nitrogens with two attached hydrogens (primary N) is 1. The molecule has 0 fully saturated rings. The third-order valence-electron chi connectivity index (χ3n) is 1.27. The highest BCUT2D eigenvalue weighted by Crippen LogP contribution is 2.29. The maximum Gasteiger partial charge on any atom is 0.227 e. The zero-order valence-electron chi connectivity index (χ0n) is 8.60. The lowest BCUT2D eigenvalue weighted by atomic mass is 10.3. The number of carbonyl (C=O) groups excluding carboxylic acids is 1. The van der Waals surface area contributed by atoms with E-state index in [1.165, 1.54) is 23.1 Å². The van der Waals surface area contributed by atoms with E-state index in [9.17, 15) is 4.79 Å². The number of hydrogen-bond acceptors (Lipinski definition) is 6. The van der Waals surface area contributed by atoms with Gasteiger partial charge >= 0.3 is 0 Å². The van der Waals surface area contributed by atoms with Gasteiger partial charge in [-0.2, -0.15) is 0 Å². The molecule has 1 aromatic rings. The SMILES string of the molecule is CC(C)CSc1nnc(SCC(N)=O)s1. The number of amides is 1. The third kappa shape index (κ3) is 5.39. The molecule has 0 radical (unpaired) electrons. The summed E-state index contributed by atoms with van der Waals surface area (Å²) in [5.74, 6) is 1.62. The van der Waals surface area contributed by atoms with Gasteiger partial charge in [0.2, 0.25) is 5.91 Å². The van der Waals surface area contributed by atoms with Gasteiger partial charge in [-0.3, -0.25) is 4.79 Å². The fraction of sp³-hybridized carbons (Fsp3) is 0.625. The van der Waals surface area contributed by atoms with Crippen molar-refractivity contribution in [3.05, 3.63) is 0 Å².